The number of sulfonamides is 1. The Labute approximate surface area is 253 Å². The molecule has 0 aliphatic heterocycles. The monoisotopic (exact) mass is 617 g/mol. The van der Waals surface area contributed by atoms with Crippen LogP contribution < -0.4 is 9.62 Å². The molecule has 0 spiro atoms. The van der Waals surface area contributed by atoms with Crippen molar-refractivity contribution in [2.24, 2.45) is 0 Å². The molecular formula is C31H37Cl2N3O4S. The first kappa shape index (κ1) is 32.4. The minimum Gasteiger partial charge on any atom is -0.352 e. The first-order chi connectivity index (χ1) is 19.2. The van der Waals surface area contributed by atoms with E-state index in [0.29, 0.717) is 27.7 Å². The predicted octanol–water partition coefficient (Wildman–Crippen LogP) is 6.45. The van der Waals surface area contributed by atoms with Crippen LogP contribution in [0.1, 0.15) is 49.4 Å². The van der Waals surface area contributed by atoms with E-state index in [4.69, 9.17) is 23.2 Å². The van der Waals surface area contributed by atoms with Crippen molar-refractivity contribution >= 4 is 50.7 Å². The summed E-state index contributed by atoms with van der Waals surface area (Å²) in [7, 11) is -4.14. The molecule has 2 atom stereocenters. The Hall–Kier alpha value is -3.07. The molecule has 2 amide bonds. The molecule has 0 radical (unpaired) electrons. The molecule has 0 fully saturated rings. The van der Waals surface area contributed by atoms with Crippen LogP contribution in [0.2, 0.25) is 10.0 Å². The van der Waals surface area contributed by atoms with Crippen LogP contribution in [0.25, 0.3) is 0 Å². The molecule has 0 saturated heterocycles. The average Bonchev–Trinajstić information content (AvgIpc) is 2.93. The van der Waals surface area contributed by atoms with Crippen molar-refractivity contribution in [3.8, 4) is 0 Å². The van der Waals surface area contributed by atoms with E-state index >= 15 is 0 Å². The molecule has 220 valence electrons. The molecule has 0 bridgehead atoms. The summed E-state index contributed by atoms with van der Waals surface area (Å²) in [5.74, 6) is -0.885. The molecule has 3 aromatic rings. The lowest BCUT2D eigenvalue weighted by Crippen LogP contribution is -2.52. The van der Waals surface area contributed by atoms with E-state index < -0.39 is 28.5 Å². The molecular weight excluding hydrogens is 581 g/mol. The Morgan fingerprint density at radius 1 is 0.878 bits per heavy atom. The van der Waals surface area contributed by atoms with Crippen LogP contribution in [0, 0.1) is 20.8 Å². The van der Waals surface area contributed by atoms with Gasteiger partial charge in [-0.1, -0.05) is 60.0 Å². The Morgan fingerprint density at radius 2 is 1.54 bits per heavy atom. The first-order valence-electron chi connectivity index (χ1n) is 13.4. The SMILES string of the molecule is CC[C@H](C)NC(=O)[C@@H](C)N(Cc1ccc(Cl)c(Cl)c1)C(=O)CN(c1ccc(C)c(C)c1)S(=O)(=O)c1ccc(C)cc1. The third-order valence-corrected chi connectivity index (χ3v) is 9.70. The lowest BCUT2D eigenvalue weighted by molar-refractivity contribution is -0.139. The molecule has 0 aliphatic rings. The second-order valence-electron chi connectivity index (χ2n) is 10.4. The van der Waals surface area contributed by atoms with Crippen molar-refractivity contribution < 1.29 is 18.0 Å². The fourth-order valence-electron chi connectivity index (χ4n) is 4.13. The number of halogens is 2. The van der Waals surface area contributed by atoms with Crippen LogP contribution in [0.3, 0.4) is 0 Å². The van der Waals surface area contributed by atoms with Gasteiger partial charge in [0.15, 0.2) is 0 Å². The largest absolute Gasteiger partial charge is 0.352 e. The predicted molar refractivity (Wildman–Crippen MR) is 166 cm³/mol. The third-order valence-electron chi connectivity index (χ3n) is 7.17. The van der Waals surface area contributed by atoms with E-state index in [-0.39, 0.29) is 23.4 Å². The first-order valence-corrected chi connectivity index (χ1v) is 15.6. The van der Waals surface area contributed by atoms with Crippen molar-refractivity contribution in [2.75, 3.05) is 10.8 Å². The average molecular weight is 619 g/mol. The fraction of sp³-hybridized carbons (Fsp3) is 0.355. The molecule has 1 N–H and O–H groups in total. The van der Waals surface area contributed by atoms with Crippen molar-refractivity contribution in [3.63, 3.8) is 0 Å². The van der Waals surface area contributed by atoms with Crippen molar-refractivity contribution in [2.45, 2.75) is 71.5 Å². The number of carbonyl (C=O) groups is 2. The fourth-order valence-corrected chi connectivity index (χ4v) is 5.86. The molecule has 10 heteroatoms. The summed E-state index contributed by atoms with van der Waals surface area (Å²) in [5, 5.41) is 3.59. The number of rotatable bonds is 11. The molecule has 3 rings (SSSR count). The van der Waals surface area contributed by atoms with Gasteiger partial charge < -0.3 is 10.2 Å². The van der Waals surface area contributed by atoms with Crippen molar-refractivity contribution in [1.82, 2.24) is 10.2 Å². The Bertz CT molecular complexity index is 1510. The van der Waals surface area contributed by atoms with E-state index in [2.05, 4.69) is 5.32 Å². The summed E-state index contributed by atoms with van der Waals surface area (Å²) in [5.41, 5.74) is 3.78. The number of nitrogens with one attached hydrogen (secondary N) is 1. The van der Waals surface area contributed by atoms with Gasteiger partial charge in [-0.25, -0.2) is 8.42 Å². The van der Waals surface area contributed by atoms with Gasteiger partial charge in [0.25, 0.3) is 10.0 Å². The minimum atomic E-state index is -4.14. The summed E-state index contributed by atoms with van der Waals surface area (Å²) in [6, 6.07) is 15.7. The molecule has 0 saturated carbocycles. The van der Waals surface area contributed by atoms with Gasteiger partial charge in [-0.05, 0) is 94.1 Å². The van der Waals surface area contributed by atoms with Crippen LogP contribution >= 0.6 is 23.2 Å². The maximum Gasteiger partial charge on any atom is 0.264 e. The maximum atomic E-state index is 14.0. The third kappa shape index (κ3) is 8.03. The lowest BCUT2D eigenvalue weighted by atomic mass is 10.1. The minimum absolute atomic E-state index is 0.0240. The zero-order valence-corrected chi connectivity index (χ0v) is 26.6. The van der Waals surface area contributed by atoms with E-state index in [9.17, 15) is 18.0 Å². The standard InChI is InChI=1S/C31H37Cl2N3O4S/c1-7-23(5)34-31(38)24(6)35(18-25-11-15-28(32)29(33)17-25)30(37)19-36(26-12-10-21(3)22(4)16-26)41(39,40)27-13-8-20(2)9-14-27/h8-17,23-24H,7,18-19H2,1-6H3,(H,34,38)/t23-,24+/m0/s1. The highest BCUT2D eigenvalue weighted by molar-refractivity contribution is 7.92. The number of amides is 2. The van der Waals surface area contributed by atoms with Gasteiger partial charge in [-0.15, -0.1) is 0 Å². The maximum absolute atomic E-state index is 14.0. The highest BCUT2D eigenvalue weighted by Gasteiger charge is 2.33. The summed E-state index contributed by atoms with van der Waals surface area (Å²) in [6.45, 7) is 10.7. The van der Waals surface area contributed by atoms with Crippen LogP contribution in [0.5, 0.6) is 0 Å². The number of benzene rings is 3. The van der Waals surface area contributed by atoms with Gasteiger partial charge >= 0.3 is 0 Å². The normalized spacial score (nSPS) is 12.9. The highest BCUT2D eigenvalue weighted by Crippen LogP contribution is 2.28. The molecule has 7 nitrogen and oxygen atoms in total. The summed E-state index contributed by atoms with van der Waals surface area (Å²) in [4.78, 5) is 28.7. The number of hydrogen-bond donors (Lipinski definition) is 1. The molecule has 3 aromatic carbocycles. The molecule has 0 heterocycles. The van der Waals surface area contributed by atoms with E-state index in [0.717, 1.165) is 21.0 Å². The van der Waals surface area contributed by atoms with Crippen LogP contribution in [-0.4, -0.2) is 43.8 Å². The van der Waals surface area contributed by atoms with E-state index in [1.165, 1.54) is 17.0 Å². The lowest BCUT2D eigenvalue weighted by Gasteiger charge is -2.32. The van der Waals surface area contributed by atoms with Crippen LogP contribution in [0.15, 0.2) is 65.6 Å². The number of anilines is 1. The zero-order chi connectivity index (χ0) is 30.5. The van der Waals surface area contributed by atoms with Crippen molar-refractivity contribution in [3.05, 3.63) is 93.0 Å². The molecule has 41 heavy (non-hydrogen) atoms. The topological polar surface area (TPSA) is 86.8 Å². The number of carbonyl (C=O) groups excluding carboxylic acids is 2. The van der Waals surface area contributed by atoms with Gasteiger partial charge in [-0.2, -0.15) is 0 Å². The Kier molecular flexibility index (Phi) is 10.9. The second kappa shape index (κ2) is 13.7. The molecule has 0 unspecified atom stereocenters. The summed E-state index contributed by atoms with van der Waals surface area (Å²) in [6.07, 6.45) is 0.717. The van der Waals surface area contributed by atoms with Gasteiger partial charge in [0.2, 0.25) is 11.8 Å². The summed E-state index contributed by atoms with van der Waals surface area (Å²) >= 11 is 12.3. The Balaban J connectivity index is 2.06. The van der Waals surface area contributed by atoms with E-state index in [1.54, 1.807) is 49.4 Å². The van der Waals surface area contributed by atoms with Crippen molar-refractivity contribution in [1.29, 1.82) is 0 Å². The highest BCUT2D eigenvalue weighted by atomic mass is 35.5. The zero-order valence-electron chi connectivity index (χ0n) is 24.2. The molecule has 0 aliphatic carbocycles. The van der Waals surface area contributed by atoms with Crippen LogP contribution in [0.4, 0.5) is 5.69 Å². The number of hydrogen-bond acceptors (Lipinski definition) is 4. The number of nitrogens with zero attached hydrogens (tertiary/aromatic N) is 2. The molecule has 0 aromatic heterocycles. The van der Waals surface area contributed by atoms with Crippen LogP contribution in [-0.2, 0) is 26.2 Å². The van der Waals surface area contributed by atoms with Gasteiger partial charge in [-0.3, -0.25) is 13.9 Å². The van der Waals surface area contributed by atoms with Gasteiger partial charge in [0.1, 0.15) is 12.6 Å². The number of aryl methyl sites for hydroxylation is 3. The quantitative estimate of drug-likeness (QED) is 0.268. The second-order valence-corrected chi connectivity index (χ2v) is 13.0. The van der Waals surface area contributed by atoms with E-state index in [1.807, 2.05) is 40.7 Å². The van der Waals surface area contributed by atoms with Gasteiger partial charge in [0, 0.05) is 12.6 Å². The smallest absolute Gasteiger partial charge is 0.264 e. The summed E-state index contributed by atoms with van der Waals surface area (Å²) < 4.78 is 29.0. The Morgan fingerprint density at radius 3 is 2.12 bits per heavy atom. The van der Waals surface area contributed by atoms with Gasteiger partial charge in [0.05, 0.1) is 20.6 Å².